The smallest absolute Gasteiger partial charge is 0.248 e. The van der Waals surface area contributed by atoms with Crippen LogP contribution in [-0.2, 0) is 0 Å². The van der Waals surface area contributed by atoms with Gasteiger partial charge in [-0.25, -0.2) is 13.8 Å². The Morgan fingerprint density at radius 1 is 1.03 bits per heavy atom. The first kappa shape index (κ1) is 22.6. The molecule has 10 heteroatoms. The maximum atomic E-state index is 15.0. The predicted octanol–water partition coefficient (Wildman–Crippen LogP) is 3.25. The molecular formula is C25H23F2N7O. The zero-order chi connectivity index (χ0) is 24.7. The summed E-state index contributed by atoms with van der Waals surface area (Å²) in [7, 11) is 0. The molecule has 1 atom stereocenters. The Kier molecular flexibility index (Phi) is 5.73. The van der Waals surface area contributed by atoms with Crippen molar-refractivity contribution in [2.75, 3.05) is 23.7 Å². The lowest BCUT2D eigenvalue weighted by molar-refractivity contribution is 0.100. The van der Waals surface area contributed by atoms with E-state index in [0.29, 0.717) is 46.8 Å². The van der Waals surface area contributed by atoms with Crippen LogP contribution in [0.2, 0.25) is 0 Å². The number of amides is 1. The molecule has 0 spiro atoms. The van der Waals surface area contributed by atoms with Crippen molar-refractivity contribution < 1.29 is 13.6 Å². The monoisotopic (exact) mass is 475 g/mol. The zero-order valence-electron chi connectivity index (χ0n) is 18.7. The van der Waals surface area contributed by atoms with Crippen molar-refractivity contribution in [3.63, 3.8) is 0 Å². The van der Waals surface area contributed by atoms with Gasteiger partial charge in [-0.15, -0.1) is 0 Å². The van der Waals surface area contributed by atoms with Gasteiger partial charge in [0.1, 0.15) is 11.5 Å². The maximum Gasteiger partial charge on any atom is 0.248 e. The topological polar surface area (TPSA) is 137 Å². The first-order valence-electron chi connectivity index (χ1n) is 11.1. The van der Waals surface area contributed by atoms with Crippen molar-refractivity contribution in [1.82, 2.24) is 15.0 Å². The molecular weight excluding hydrogens is 452 g/mol. The van der Waals surface area contributed by atoms with E-state index < -0.39 is 17.5 Å². The van der Waals surface area contributed by atoms with Crippen molar-refractivity contribution in [3.8, 4) is 22.6 Å². The second kappa shape index (κ2) is 8.88. The number of carbonyl (C=O) groups is 1. The van der Waals surface area contributed by atoms with Gasteiger partial charge >= 0.3 is 0 Å². The number of anilines is 2. The van der Waals surface area contributed by atoms with Crippen LogP contribution >= 0.6 is 0 Å². The van der Waals surface area contributed by atoms with Gasteiger partial charge in [0.2, 0.25) is 5.91 Å². The second-order valence-corrected chi connectivity index (χ2v) is 8.58. The number of primary amides is 1. The summed E-state index contributed by atoms with van der Waals surface area (Å²) in [6.45, 7) is 1.20. The van der Waals surface area contributed by atoms with E-state index in [4.69, 9.17) is 17.2 Å². The molecule has 0 saturated carbocycles. The first-order valence-corrected chi connectivity index (χ1v) is 11.1. The van der Waals surface area contributed by atoms with Gasteiger partial charge in [-0.05, 0) is 49.2 Å². The van der Waals surface area contributed by atoms with Crippen LogP contribution < -0.4 is 22.1 Å². The summed E-state index contributed by atoms with van der Waals surface area (Å²) < 4.78 is 29.6. The Balaban J connectivity index is 1.64. The normalized spacial score (nSPS) is 16.0. The molecule has 1 saturated heterocycles. The van der Waals surface area contributed by atoms with Crippen molar-refractivity contribution >= 4 is 28.2 Å². The number of pyridine rings is 3. The lowest BCUT2D eigenvalue weighted by Gasteiger charge is -2.33. The minimum absolute atomic E-state index is 0.0484. The van der Waals surface area contributed by atoms with Gasteiger partial charge in [0.15, 0.2) is 5.82 Å². The molecule has 4 heterocycles. The predicted molar refractivity (Wildman–Crippen MR) is 130 cm³/mol. The molecule has 6 N–H and O–H groups in total. The van der Waals surface area contributed by atoms with Crippen LogP contribution in [-0.4, -0.2) is 40.0 Å². The highest BCUT2D eigenvalue weighted by Crippen LogP contribution is 2.34. The van der Waals surface area contributed by atoms with E-state index in [1.165, 1.54) is 24.5 Å². The third-order valence-electron chi connectivity index (χ3n) is 6.15. The third kappa shape index (κ3) is 4.24. The summed E-state index contributed by atoms with van der Waals surface area (Å²) in [6, 6.07) is 8.56. The fourth-order valence-corrected chi connectivity index (χ4v) is 4.42. The number of fused-ring (bicyclic) bond motifs is 1. The van der Waals surface area contributed by atoms with E-state index in [9.17, 15) is 13.6 Å². The van der Waals surface area contributed by atoms with Crippen LogP contribution in [0.4, 0.5) is 20.2 Å². The van der Waals surface area contributed by atoms with Gasteiger partial charge < -0.3 is 22.1 Å². The third-order valence-corrected chi connectivity index (χ3v) is 6.15. The van der Waals surface area contributed by atoms with Gasteiger partial charge in [0.05, 0.1) is 40.7 Å². The fraction of sp³-hybridized carbons (Fsp3) is 0.200. The number of nitrogens with two attached hydrogens (primary N) is 3. The van der Waals surface area contributed by atoms with Crippen LogP contribution in [0.5, 0.6) is 0 Å². The first-order chi connectivity index (χ1) is 16.8. The summed E-state index contributed by atoms with van der Waals surface area (Å²) in [5.41, 5.74) is 20.1. The van der Waals surface area contributed by atoms with Crippen molar-refractivity contribution in [1.29, 1.82) is 0 Å². The van der Waals surface area contributed by atoms with Gasteiger partial charge in [0, 0.05) is 35.6 Å². The van der Waals surface area contributed by atoms with Crippen molar-refractivity contribution in [2.45, 2.75) is 18.9 Å². The summed E-state index contributed by atoms with van der Waals surface area (Å²) in [6.07, 6.45) is 4.45. The van der Waals surface area contributed by atoms with Crippen LogP contribution in [0.3, 0.4) is 0 Å². The quantitative estimate of drug-likeness (QED) is 0.412. The molecule has 1 fully saturated rings. The van der Waals surface area contributed by atoms with E-state index in [-0.39, 0.29) is 22.9 Å². The highest BCUT2D eigenvalue weighted by Gasteiger charge is 2.23. The molecule has 0 aliphatic carbocycles. The number of aromatic nitrogens is 3. The highest BCUT2D eigenvalue weighted by atomic mass is 19.1. The Morgan fingerprint density at radius 2 is 1.86 bits per heavy atom. The number of hydrogen-bond acceptors (Lipinski definition) is 7. The molecule has 3 aromatic heterocycles. The van der Waals surface area contributed by atoms with E-state index in [1.807, 2.05) is 4.90 Å². The van der Waals surface area contributed by atoms with Crippen LogP contribution in [0.25, 0.3) is 33.5 Å². The SMILES string of the molecule is NC(=O)c1ccc(F)c(-c2ccc(N)c(-c3cc4c(N5CCC[C@H](N)C5)c(F)cnc4cn3)n2)c1. The average Bonchev–Trinajstić information content (AvgIpc) is 2.84. The number of halogens is 2. The molecule has 8 nitrogen and oxygen atoms in total. The molecule has 1 aromatic carbocycles. The largest absolute Gasteiger partial charge is 0.397 e. The number of nitrogens with zero attached hydrogens (tertiary/aromatic N) is 4. The molecule has 1 aliphatic rings. The Hall–Kier alpha value is -4.18. The van der Waals surface area contributed by atoms with Crippen molar-refractivity contribution in [2.24, 2.45) is 11.5 Å². The Morgan fingerprint density at radius 3 is 2.63 bits per heavy atom. The lowest BCUT2D eigenvalue weighted by atomic mass is 10.0. The number of benzene rings is 1. The molecule has 5 rings (SSSR count). The number of carbonyl (C=O) groups excluding carboxylic acids is 1. The minimum atomic E-state index is -0.683. The Bertz CT molecular complexity index is 1460. The van der Waals surface area contributed by atoms with Gasteiger partial charge in [-0.2, -0.15) is 0 Å². The molecule has 1 aliphatic heterocycles. The summed E-state index contributed by atoms with van der Waals surface area (Å²) in [5.74, 6) is -1.71. The van der Waals surface area contributed by atoms with E-state index in [2.05, 4.69) is 15.0 Å². The molecule has 4 aromatic rings. The number of hydrogen-bond donors (Lipinski definition) is 3. The van der Waals surface area contributed by atoms with E-state index >= 15 is 0 Å². The zero-order valence-corrected chi connectivity index (χ0v) is 18.7. The highest BCUT2D eigenvalue weighted by molar-refractivity contribution is 5.95. The average molecular weight is 476 g/mol. The fourth-order valence-electron chi connectivity index (χ4n) is 4.42. The van der Waals surface area contributed by atoms with Crippen LogP contribution in [0, 0.1) is 11.6 Å². The molecule has 0 radical (unpaired) electrons. The number of rotatable bonds is 4. The number of nitrogen functional groups attached to an aromatic ring is 1. The minimum Gasteiger partial charge on any atom is -0.397 e. The van der Waals surface area contributed by atoms with E-state index in [0.717, 1.165) is 18.9 Å². The summed E-state index contributed by atoms with van der Waals surface area (Å²) in [5, 5.41) is 0.553. The summed E-state index contributed by atoms with van der Waals surface area (Å²) in [4.78, 5) is 26.6. The van der Waals surface area contributed by atoms with Crippen LogP contribution in [0.15, 0.2) is 48.8 Å². The molecule has 0 unspecified atom stereocenters. The van der Waals surface area contributed by atoms with Gasteiger partial charge in [-0.3, -0.25) is 14.8 Å². The Labute approximate surface area is 199 Å². The van der Waals surface area contributed by atoms with Gasteiger partial charge in [-0.1, -0.05) is 0 Å². The maximum absolute atomic E-state index is 15.0. The van der Waals surface area contributed by atoms with Crippen LogP contribution in [0.1, 0.15) is 23.2 Å². The molecule has 35 heavy (non-hydrogen) atoms. The molecule has 0 bridgehead atoms. The van der Waals surface area contributed by atoms with Crippen molar-refractivity contribution in [3.05, 3.63) is 66.0 Å². The van der Waals surface area contributed by atoms with Gasteiger partial charge in [0.25, 0.3) is 0 Å². The molecule has 178 valence electrons. The molecule has 1 amide bonds. The van der Waals surface area contributed by atoms with E-state index in [1.54, 1.807) is 18.2 Å². The lowest BCUT2D eigenvalue weighted by Crippen LogP contribution is -2.43. The second-order valence-electron chi connectivity index (χ2n) is 8.58. The number of piperidine rings is 1. The standard InChI is InChI=1S/C25H23F2N7O/c26-17-4-3-13(25(30)35)8-15(17)20-6-5-19(29)23(33-20)21-9-16-22(11-32-21)31-10-18(27)24(16)34-7-1-2-14(28)12-34/h3-6,8-11,14H,1-2,7,12,28-29H2,(H2,30,35)/t14-/m0/s1. The summed E-state index contributed by atoms with van der Waals surface area (Å²) >= 11 is 0.